The number of amides is 3. The number of urea groups is 1. The summed E-state index contributed by atoms with van der Waals surface area (Å²) in [4.78, 5) is 33.1. The molecule has 2 aromatic carbocycles. The summed E-state index contributed by atoms with van der Waals surface area (Å²) in [6.45, 7) is 1.13. The molecule has 0 radical (unpaired) electrons. The number of hydrogen-bond donors (Lipinski definition) is 1. The molecule has 1 fully saturated rings. The molecule has 2 heterocycles. The van der Waals surface area contributed by atoms with Crippen molar-refractivity contribution >= 4 is 29.1 Å². The van der Waals surface area contributed by atoms with Gasteiger partial charge >= 0.3 is 6.03 Å². The summed E-state index contributed by atoms with van der Waals surface area (Å²) in [5, 5.41) is 2.80. The Morgan fingerprint density at radius 2 is 1.68 bits per heavy atom. The van der Waals surface area contributed by atoms with Crippen molar-refractivity contribution in [2.24, 2.45) is 0 Å². The number of rotatable bonds is 6. The minimum atomic E-state index is -0.303. The van der Waals surface area contributed by atoms with Crippen LogP contribution in [0, 0.1) is 0 Å². The lowest BCUT2D eigenvalue weighted by Gasteiger charge is -2.18. The fourth-order valence-electron chi connectivity index (χ4n) is 3.40. The second-order valence-electron chi connectivity index (χ2n) is 6.85. The fourth-order valence-corrected chi connectivity index (χ4v) is 3.40. The number of pyridine rings is 1. The number of para-hydroxylation sites is 1. The van der Waals surface area contributed by atoms with E-state index in [1.54, 1.807) is 40.1 Å². The third kappa shape index (κ3) is 4.13. The highest BCUT2D eigenvalue weighted by Gasteiger charge is 2.31. The van der Waals surface area contributed by atoms with E-state index in [9.17, 15) is 9.59 Å². The van der Waals surface area contributed by atoms with Gasteiger partial charge in [-0.1, -0.05) is 18.2 Å². The van der Waals surface area contributed by atoms with Gasteiger partial charge in [0.2, 0.25) is 0 Å². The maximum atomic E-state index is 12.8. The second kappa shape index (κ2) is 8.74. The number of methoxy groups -OCH3 is 2. The van der Waals surface area contributed by atoms with E-state index in [-0.39, 0.29) is 11.9 Å². The first-order valence-corrected chi connectivity index (χ1v) is 9.74. The molecule has 0 aliphatic carbocycles. The van der Waals surface area contributed by atoms with Gasteiger partial charge < -0.3 is 14.8 Å². The number of carbonyl (C=O) groups is 2. The van der Waals surface area contributed by atoms with Gasteiger partial charge in [-0.2, -0.15) is 0 Å². The molecule has 0 saturated carbocycles. The number of hydrogen-bond acceptors (Lipinski definition) is 5. The van der Waals surface area contributed by atoms with Crippen LogP contribution in [0.3, 0.4) is 0 Å². The van der Waals surface area contributed by atoms with Gasteiger partial charge in [0.05, 0.1) is 26.1 Å². The van der Waals surface area contributed by atoms with Crippen molar-refractivity contribution in [3.8, 4) is 11.5 Å². The number of anilines is 3. The van der Waals surface area contributed by atoms with Gasteiger partial charge in [-0.15, -0.1) is 0 Å². The predicted octanol–water partition coefficient (Wildman–Crippen LogP) is 3.80. The molecule has 1 N–H and O–H groups in total. The number of carbonyl (C=O) groups excluding carboxylic acids is 2. The molecular weight excluding hydrogens is 396 g/mol. The molecule has 158 valence electrons. The highest BCUT2D eigenvalue weighted by Crippen LogP contribution is 2.28. The molecule has 1 aromatic heterocycles. The van der Waals surface area contributed by atoms with Gasteiger partial charge in [0, 0.05) is 24.3 Å². The third-order valence-electron chi connectivity index (χ3n) is 5.00. The molecule has 0 atom stereocenters. The van der Waals surface area contributed by atoms with Crippen LogP contribution in [0.4, 0.5) is 22.0 Å². The Morgan fingerprint density at radius 1 is 0.935 bits per heavy atom. The summed E-state index contributed by atoms with van der Waals surface area (Å²) in [7, 11) is 3.05. The van der Waals surface area contributed by atoms with Crippen LogP contribution >= 0.6 is 0 Å². The second-order valence-corrected chi connectivity index (χ2v) is 6.85. The molecule has 1 aliphatic rings. The van der Waals surface area contributed by atoms with E-state index in [4.69, 9.17) is 9.47 Å². The molecule has 8 nitrogen and oxygen atoms in total. The first-order chi connectivity index (χ1) is 15.1. The predicted molar refractivity (Wildman–Crippen MR) is 118 cm³/mol. The van der Waals surface area contributed by atoms with Crippen molar-refractivity contribution in [1.82, 2.24) is 4.98 Å². The van der Waals surface area contributed by atoms with E-state index >= 15 is 0 Å². The SMILES string of the molecule is COc1ccc(C(=O)Nc2ccc(N3CCN(c4ccccc4)C3=O)nc2)cc1OC. The summed E-state index contributed by atoms with van der Waals surface area (Å²) in [5.74, 6) is 1.25. The summed E-state index contributed by atoms with van der Waals surface area (Å²) < 4.78 is 10.4. The van der Waals surface area contributed by atoms with Crippen molar-refractivity contribution in [3.05, 3.63) is 72.4 Å². The van der Waals surface area contributed by atoms with Crippen LogP contribution in [0.2, 0.25) is 0 Å². The van der Waals surface area contributed by atoms with E-state index in [1.807, 2.05) is 30.3 Å². The van der Waals surface area contributed by atoms with Crippen molar-refractivity contribution in [2.75, 3.05) is 42.4 Å². The van der Waals surface area contributed by atoms with Crippen molar-refractivity contribution in [3.63, 3.8) is 0 Å². The summed E-state index contributed by atoms with van der Waals surface area (Å²) in [6, 6.07) is 17.8. The lowest BCUT2D eigenvalue weighted by Crippen LogP contribution is -2.32. The Hall–Kier alpha value is -4.07. The molecule has 4 rings (SSSR count). The van der Waals surface area contributed by atoms with E-state index in [0.29, 0.717) is 41.7 Å². The first kappa shape index (κ1) is 20.2. The Kier molecular flexibility index (Phi) is 5.70. The standard InChI is InChI=1S/C23H22N4O4/c1-30-19-10-8-16(14-20(19)31-2)22(28)25-17-9-11-21(24-15-17)27-13-12-26(23(27)29)18-6-4-3-5-7-18/h3-11,14-15H,12-13H2,1-2H3,(H,25,28). The van der Waals surface area contributed by atoms with Crippen molar-refractivity contribution in [1.29, 1.82) is 0 Å². The van der Waals surface area contributed by atoms with Crippen LogP contribution in [0.15, 0.2) is 66.9 Å². The molecule has 0 unspecified atom stereocenters. The normalized spacial score (nSPS) is 13.3. The highest BCUT2D eigenvalue weighted by atomic mass is 16.5. The Morgan fingerprint density at radius 3 is 2.35 bits per heavy atom. The zero-order valence-corrected chi connectivity index (χ0v) is 17.2. The lowest BCUT2D eigenvalue weighted by molar-refractivity contribution is 0.102. The molecule has 0 spiro atoms. The zero-order chi connectivity index (χ0) is 21.8. The van der Waals surface area contributed by atoms with Gasteiger partial charge in [-0.05, 0) is 42.5 Å². The zero-order valence-electron chi connectivity index (χ0n) is 17.2. The van der Waals surface area contributed by atoms with Gasteiger partial charge in [0.25, 0.3) is 5.91 Å². The van der Waals surface area contributed by atoms with Gasteiger partial charge in [0.1, 0.15) is 5.82 Å². The van der Waals surface area contributed by atoms with Crippen molar-refractivity contribution < 1.29 is 19.1 Å². The Labute approximate surface area is 180 Å². The van der Waals surface area contributed by atoms with Crippen LogP contribution in [0.5, 0.6) is 11.5 Å². The fraction of sp³-hybridized carbons (Fsp3) is 0.174. The maximum absolute atomic E-state index is 12.8. The maximum Gasteiger partial charge on any atom is 0.330 e. The molecule has 1 aliphatic heterocycles. The molecular formula is C23H22N4O4. The molecule has 0 bridgehead atoms. The van der Waals surface area contributed by atoms with Gasteiger partial charge in [0.15, 0.2) is 11.5 Å². The topological polar surface area (TPSA) is 84.0 Å². The minimum Gasteiger partial charge on any atom is -0.493 e. The average molecular weight is 418 g/mol. The highest BCUT2D eigenvalue weighted by molar-refractivity contribution is 6.06. The number of nitrogens with zero attached hydrogens (tertiary/aromatic N) is 3. The molecule has 3 aromatic rings. The monoisotopic (exact) mass is 418 g/mol. The van der Waals surface area contributed by atoms with E-state index in [0.717, 1.165) is 5.69 Å². The Bertz CT molecular complexity index is 1090. The number of benzene rings is 2. The van der Waals surface area contributed by atoms with E-state index in [1.165, 1.54) is 20.4 Å². The molecule has 3 amide bonds. The van der Waals surface area contributed by atoms with Gasteiger partial charge in [-0.25, -0.2) is 9.78 Å². The van der Waals surface area contributed by atoms with Crippen LogP contribution in [0.1, 0.15) is 10.4 Å². The van der Waals surface area contributed by atoms with Crippen LogP contribution in [-0.4, -0.2) is 44.2 Å². The quantitative estimate of drug-likeness (QED) is 0.658. The Balaban J connectivity index is 1.44. The van der Waals surface area contributed by atoms with Gasteiger partial charge in [-0.3, -0.25) is 14.6 Å². The summed E-state index contributed by atoms with van der Waals surface area (Å²) >= 11 is 0. The third-order valence-corrected chi connectivity index (χ3v) is 5.00. The van der Waals surface area contributed by atoms with Crippen LogP contribution in [0.25, 0.3) is 0 Å². The molecule has 1 saturated heterocycles. The van der Waals surface area contributed by atoms with Crippen molar-refractivity contribution in [2.45, 2.75) is 0 Å². The molecule has 8 heteroatoms. The first-order valence-electron chi connectivity index (χ1n) is 9.74. The largest absolute Gasteiger partial charge is 0.493 e. The van der Waals surface area contributed by atoms with E-state index < -0.39 is 0 Å². The minimum absolute atomic E-state index is 0.124. The number of nitrogens with one attached hydrogen (secondary N) is 1. The number of aromatic nitrogens is 1. The van der Waals surface area contributed by atoms with Crippen LogP contribution < -0.4 is 24.6 Å². The summed E-state index contributed by atoms with van der Waals surface area (Å²) in [6.07, 6.45) is 1.53. The lowest BCUT2D eigenvalue weighted by atomic mass is 10.2. The average Bonchev–Trinajstić information content (AvgIpc) is 3.20. The summed E-state index contributed by atoms with van der Waals surface area (Å²) in [5.41, 5.74) is 1.80. The van der Waals surface area contributed by atoms with Crippen LogP contribution in [-0.2, 0) is 0 Å². The van der Waals surface area contributed by atoms with E-state index in [2.05, 4.69) is 10.3 Å². The smallest absolute Gasteiger partial charge is 0.330 e. The molecule has 31 heavy (non-hydrogen) atoms. The number of ether oxygens (including phenoxy) is 2.